The monoisotopic (exact) mass is 237 g/mol. The zero-order valence-corrected chi connectivity index (χ0v) is 10.1. The molecule has 0 radical (unpaired) electrons. The van der Waals surface area contributed by atoms with Crippen LogP contribution in [0, 0.1) is 0 Å². The van der Waals surface area contributed by atoms with Crippen molar-refractivity contribution in [3.63, 3.8) is 0 Å². The molecule has 1 heterocycles. The minimum atomic E-state index is 0.643. The molecule has 90 valence electrons. The van der Waals surface area contributed by atoms with Gasteiger partial charge in [0.1, 0.15) is 5.58 Å². The van der Waals surface area contributed by atoms with Gasteiger partial charge < -0.3 is 10.2 Å². The average Bonchev–Trinajstić information content (AvgIpc) is 2.84. The summed E-state index contributed by atoms with van der Waals surface area (Å²) in [5, 5.41) is 1.17. The van der Waals surface area contributed by atoms with Gasteiger partial charge in [0.05, 0.1) is 6.26 Å². The number of para-hydroxylation sites is 1. The van der Waals surface area contributed by atoms with E-state index in [9.17, 15) is 0 Å². The molecule has 0 saturated carbocycles. The summed E-state index contributed by atoms with van der Waals surface area (Å²) in [6, 6.07) is 16.5. The Morgan fingerprint density at radius 3 is 2.56 bits per heavy atom. The molecule has 3 rings (SSSR count). The van der Waals surface area contributed by atoms with Crippen molar-refractivity contribution in [2.75, 3.05) is 6.54 Å². The maximum atomic E-state index is 5.73. The molecule has 18 heavy (non-hydrogen) atoms. The fraction of sp³-hybridized carbons (Fsp3) is 0.125. The lowest BCUT2D eigenvalue weighted by Gasteiger charge is -2.02. The van der Waals surface area contributed by atoms with E-state index in [0.29, 0.717) is 6.54 Å². The van der Waals surface area contributed by atoms with Crippen LogP contribution in [0.25, 0.3) is 22.1 Å². The summed E-state index contributed by atoms with van der Waals surface area (Å²) in [4.78, 5) is 0. The van der Waals surface area contributed by atoms with E-state index in [1.54, 1.807) is 0 Å². The number of fused-ring (bicyclic) bond motifs is 1. The Labute approximate surface area is 106 Å². The first-order chi connectivity index (χ1) is 8.90. The zero-order chi connectivity index (χ0) is 12.4. The predicted molar refractivity (Wildman–Crippen MR) is 74.4 cm³/mol. The summed E-state index contributed by atoms with van der Waals surface area (Å²) in [6.45, 7) is 0.643. The number of nitrogens with two attached hydrogens (primary N) is 1. The van der Waals surface area contributed by atoms with Crippen LogP contribution in [0.1, 0.15) is 5.56 Å². The van der Waals surface area contributed by atoms with Crippen molar-refractivity contribution in [3.8, 4) is 11.1 Å². The third-order valence-electron chi connectivity index (χ3n) is 3.18. The maximum Gasteiger partial charge on any atom is 0.141 e. The minimum absolute atomic E-state index is 0.643. The molecule has 3 aromatic rings. The van der Waals surface area contributed by atoms with E-state index in [-0.39, 0.29) is 0 Å². The topological polar surface area (TPSA) is 39.2 Å². The Hall–Kier alpha value is -2.06. The molecule has 0 saturated heterocycles. The summed E-state index contributed by atoms with van der Waals surface area (Å²) in [6.07, 6.45) is 2.68. The number of furan rings is 1. The molecule has 2 heteroatoms. The second-order valence-corrected chi connectivity index (χ2v) is 4.35. The van der Waals surface area contributed by atoms with E-state index < -0.39 is 0 Å². The van der Waals surface area contributed by atoms with Gasteiger partial charge in [-0.15, -0.1) is 0 Å². The van der Waals surface area contributed by atoms with Gasteiger partial charge in [0.2, 0.25) is 0 Å². The molecular weight excluding hydrogens is 222 g/mol. The van der Waals surface area contributed by atoms with Crippen molar-refractivity contribution in [1.82, 2.24) is 0 Å². The summed E-state index contributed by atoms with van der Waals surface area (Å²) in [5.41, 5.74) is 10.1. The van der Waals surface area contributed by atoms with Gasteiger partial charge in [0, 0.05) is 10.9 Å². The first-order valence-corrected chi connectivity index (χ1v) is 6.15. The summed E-state index contributed by atoms with van der Waals surface area (Å²) < 4.78 is 5.73. The second-order valence-electron chi connectivity index (χ2n) is 4.35. The maximum absolute atomic E-state index is 5.73. The highest BCUT2D eigenvalue weighted by Crippen LogP contribution is 2.31. The zero-order valence-electron chi connectivity index (χ0n) is 10.1. The van der Waals surface area contributed by atoms with E-state index in [4.69, 9.17) is 10.2 Å². The Balaban J connectivity index is 2.19. The summed E-state index contributed by atoms with van der Waals surface area (Å²) in [7, 11) is 0. The molecular formula is C16H15NO. The van der Waals surface area contributed by atoms with Gasteiger partial charge in [-0.2, -0.15) is 0 Å². The molecule has 0 aliphatic heterocycles. The normalized spacial score (nSPS) is 10.9. The van der Waals surface area contributed by atoms with Crippen LogP contribution < -0.4 is 5.73 Å². The molecule has 0 bridgehead atoms. The van der Waals surface area contributed by atoms with Crippen molar-refractivity contribution in [2.24, 2.45) is 5.73 Å². The van der Waals surface area contributed by atoms with Crippen LogP contribution in [-0.4, -0.2) is 6.54 Å². The van der Waals surface area contributed by atoms with Crippen LogP contribution in [0.5, 0.6) is 0 Å². The molecule has 2 aromatic carbocycles. The highest BCUT2D eigenvalue weighted by atomic mass is 16.3. The van der Waals surface area contributed by atoms with Crippen molar-refractivity contribution in [2.45, 2.75) is 6.42 Å². The highest BCUT2D eigenvalue weighted by Gasteiger charge is 2.10. The van der Waals surface area contributed by atoms with E-state index in [1.807, 2.05) is 24.5 Å². The molecule has 0 spiro atoms. The van der Waals surface area contributed by atoms with E-state index in [2.05, 4.69) is 30.3 Å². The first kappa shape index (κ1) is 11.1. The Kier molecular flexibility index (Phi) is 2.87. The van der Waals surface area contributed by atoms with Gasteiger partial charge >= 0.3 is 0 Å². The van der Waals surface area contributed by atoms with Gasteiger partial charge in [-0.3, -0.25) is 0 Å². The quantitative estimate of drug-likeness (QED) is 0.756. The third kappa shape index (κ3) is 1.81. The van der Waals surface area contributed by atoms with E-state index in [0.717, 1.165) is 17.6 Å². The lowest BCUT2D eigenvalue weighted by atomic mass is 10.0. The lowest BCUT2D eigenvalue weighted by molar-refractivity contribution is 0.611. The third-order valence-corrected chi connectivity index (χ3v) is 3.18. The van der Waals surface area contributed by atoms with Crippen LogP contribution in [0.3, 0.4) is 0 Å². The molecule has 0 unspecified atom stereocenters. The predicted octanol–water partition coefficient (Wildman–Crippen LogP) is 3.60. The SMILES string of the molecule is NCCc1coc2c(-c3ccccc3)cccc12. The summed E-state index contributed by atoms with van der Waals surface area (Å²) >= 11 is 0. The standard InChI is InChI=1S/C16H15NO/c17-10-9-13-11-18-16-14(7-4-8-15(13)16)12-5-2-1-3-6-12/h1-8,11H,9-10,17H2. The van der Waals surface area contributed by atoms with Crippen molar-refractivity contribution in [3.05, 3.63) is 60.4 Å². The molecule has 0 aliphatic carbocycles. The molecule has 0 atom stereocenters. The lowest BCUT2D eigenvalue weighted by Crippen LogP contribution is -2.01. The highest BCUT2D eigenvalue weighted by molar-refractivity contribution is 5.94. The van der Waals surface area contributed by atoms with Gasteiger partial charge in [0.25, 0.3) is 0 Å². The van der Waals surface area contributed by atoms with Crippen LogP contribution >= 0.6 is 0 Å². The number of hydrogen-bond donors (Lipinski definition) is 1. The largest absolute Gasteiger partial charge is 0.463 e. The van der Waals surface area contributed by atoms with E-state index in [1.165, 1.54) is 16.5 Å². The van der Waals surface area contributed by atoms with Gasteiger partial charge in [-0.05, 0) is 24.1 Å². The van der Waals surface area contributed by atoms with Gasteiger partial charge in [-0.1, -0.05) is 48.5 Å². The number of benzene rings is 2. The minimum Gasteiger partial charge on any atom is -0.463 e. The average molecular weight is 237 g/mol. The fourth-order valence-corrected chi connectivity index (χ4v) is 2.30. The van der Waals surface area contributed by atoms with Crippen molar-refractivity contribution >= 4 is 11.0 Å². The Morgan fingerprint density at radius 1 is 0.944 bits per heavy atom. The first-order valence-electron chi connectivity index (χ1n) is 6.15. The molecule has 2 N–H and O–H groups in total. The molecule has 0 fully saturated rings. The van der Waals surface area contributed by atoms with E-state index >= 15 is 0 Å². The van der Waals surface area contributed by atoms with Crippen molar-refractivity contribution < 1.29 is 4.42 Å². The van der Waals surface area contributed by atoms with Crippen LogP contribution in [0.4, 0.5) is 0 Å². The van der Waals surface area contributed by atoms with Crippen LogP contribution in [0.2, 0.25) is 0 Å². The smallest absolute Gasteiger partial charge is 0.141 e. The number of hydrogen-bond acceptors (Lipinski definition) is 2. The van der Waals surface area contributed by atoms with Gasteiger partial charge in [0.15, 0.2) is 0 Å². The molecule has 2 nitrogen and oxygen atoms in total. The fourth-order valence-electron chi connectivity index (χ4n) is 2.30. The summed E-state index contributed by atoms with van der Waals surface area (Å²) in [5.74, 6) is 0. The Bertz CT molecular complexity index is 655. The van der Waals surface area contributed by atoms with Gasteiger partial charge in [-0.25, -0.2) is 0 Å². The second kappa shape index (κ2) is 4.67. The molecule has 0 amide bonds. The van der Waals surface area contributed by atoms with Crippen molar-refractivity contribution in [1.29, 1.82) is 0 Å². The molecule has 1 aromatic heterocycles. The van der Waals surface area contributed by atoms with Crippen LogP contribution in [-0.2, 0) is 6.42 Å². The molecule has 0 aliphatic rings. The van der Waals surface area contributed by atoms with Crippen LogP contribution in [0.15, 0.2) is 59.2 Å². The Morgan fingerprint density at radius 2 is 1.78 bits per heavy atom. The number of rotatable bonds is 3.